The Morgan fingerprint density at radius 3 is 2.94 bits per heavy atom. The van der Waals surface area contributed by atoms with Crippen LogP contribution in [0.5, 0.6) is 0 Å². The van der Waals surface area contributed by atoms with Crippen molar-refractivity contribution in [1.82, 2.24) is 14.5 Å². The molecule has 2 heterocycles. The van der Waals surface area contributed by atoms with Crippen LogP contribution in [0.15, 0.2) is 40.3 Å². The molecule has 0 radical (unpaired) electrons. The van der Waals surface area contributed by atoms with Crippen LogP contribution >= 0.6 is 0 Å². The first-order valence-electron chi connectivity index (χ1n) is 5.36. The molecule has 0 aliphatic carbocycles. The molecule has 5 heteroatoms. The molecule has 0 saturated carbocycles. The highest BCUT2D eigenvalue weighted by Gasteiger charge is 2.01. The minimum absolute atomic E-state index is 0.326. The van der Waals surface area contributed by atoms with Crippen LogP contribution in [0.4, 0.5) is 0 Å². The zero-order valence-electron chi connectivity index (χ0n) is 9.51. The molecule has 0 saturated heterocycles. The molecular formula is C12H13N3O2. The predicted octanol–water partition coefficient (Wildman–Crippen LogP) is 0.483. The fourth-order valence-electron chi connectivity index (χ4n) is 1.58. The molecule has 0 aromatic carbocycles. The van der Waals surface area contributed by atoms with E-state index in [-0.39, 0.29) is 11.2 Å². The average molecular weight is 231 g/mol. The van der Waals surface area contributed by atoms with Gasteiger partial charge in [-0.2, -0.15) is 0 Å². The van der Waals surface area contributed by atoms with Crippen LogP contribution in [0.3, 0.4) is 0 Å². The summed E-state index contributed by atoms with van der Waals surface area (Å²) in [6.45, 7) is 2.21. The van der Waals surface area contributed by atoms with Crippen molar-refractivity contribution in [2.75, 3.05) is 0 Å². The smallest absolute Gasteiger partial charge is 0.300 e. The van der Waals surface area contributed by atoms with Gasteiger partial charge in [-0.1, -0.05) is 6.07 Å². The van der Waals surface area contributed by atoms with Crippen LogP contribution in [0.25, 0.3) is 0 Å². The van der Waals surface area contributed by atoms with Crippen molar-refractivity contribution < 1.29 is 0 Å². The number of nitrogens with one attached hydrogen (secondary N) is 1. The number of hydrogen-bond donors (Lipinski definition) is 1. The molecule has 0 spiro atoms. The molecule has 0 aliphatic heterocycles. The largest absolute Gasteiger partial charge is 0.328 e. The number of rotatable bonds is 3. The van der Waals surface area contributed by atoms with E-state index in [1.807, 2.05) is 12.1 Å². The second kappa shape index (κ2) is 4.78. The summed E-state index contributed by atoms with van der Waals surface area (Å²) >= 11 is 0. The Bertz CT molecular complexity index is 614. The molecule has 1 N–H and O–H groups in total. The SMILES string of the molecule is Cc1cn(CCc2cccnc2)c(=O)[nH]c1=O. The van der Waals surface area contributed by atoms with Gasteiger partial charge in [0.05, 0.1) is 0 Å². The van der Waals surface area contributed by atoms with Crippen molar-refractivity contribution in [2.45, 2.75) is 19.9 Å². The molecule has 0 fully saturated rings. The predicted molar refractivity (Wildman–Crippen MR) is 64.0 cm³/mol. The molecule has 2 rings (SSSR count). The minimum atomic E-state index is -0.371. The van der Waals surface area contributed by atoms with E-state index in [2.05, 4.69) is 9.97 Å². The van der Waals surface area contributed by atoms with Crippen molar-refractivity contribution >= 4 is 0 Å². The highest BCUT2D eigenvalue weighted by molar-refractivity contribution is 5.08. The van der Waals surface area contributed by atoms with Crippen molar-refractivity contribution in [3.05, 3.63) is 62.7 Å². The number of pyridine rings is 1. The molecule has 0 atom stereocenters. The molecular weight excluding hydrogens is 218 g/mol. The Kier molecular flexibility index (Phi) is 3.18. The third-order valence-corrected chi connectivity index (χ3v) is 2.55. The zero-order valence-corrected chi connectivity index (χ0v) is 9.51. The van der Waals surface area contributed by atoms with E-state index < -0.39 is 0 Å². The lowest BCUT2D eigenvalue weighted by Crippen LogP contribution is -2.31. The summed E-state index contributed by atoms with van der Waals surface area (Å²) in [5.74, 6) is 0. The summed E-state index contributed by atoms with van der Waals surface area (Å²) < 4.78 is 1.50. The van der Waals surface area contributed by atoms with E-state index in [1.165, 1.54) is 4.57 Å². The third kappa shape index (κ3) is 2.69. The molecule has 17 heavy (non-hydrogen) atoms. The van der Waals surface area contributed by atoms with Gasteiger partial charge in [-0.25, -0.2) is 4.79 Å². The first-order chi connectivity index (χ1) is 8.16. The maximum absolute atomic E-state index is 11.5. The minimum Gasteiger partial charge on any atom is -0.300 e. The van der Waals surface area contributed by atoms with E-state index in [4.69, 9.17) is 0 Å². The standard InChI is InChI=1S/C12H13N3O2/c1-9-8-15(12(17)14-11(9)16)6-4-10-3-2-5-13-7-10/h2-3,5,7-8H,4,6H2,1H3,(H,14,16,17). The number of aromatic amines is 1. The number of nitrogens with zero attached hydrogens (tertiary/aromatic N) is 2. The van der Waals surface area contributed by atoms with Crippen LogP contribution in [0.1, 0.15) is 11.1 Å². The van der Waals surface area contributed by atoms with E-state index in [0.29, 0.717) is 18.5 Å². The van der Waals surface area contributed by atoms with Gasteiger partial charge in [0, 0.05) is 30.7 Å². The third-order valence-electron chi connectivity index (χ3n) is 2.55. The number of aryl methyl sites for hydroxylation is 3. The van der Waals surface area contributed by atoms with Gasteiger partial charge in [-0.15, -0.1) is 0 Å². The summed E-state index contributed by atoms with van der Waals surface area (Å²) in [5, 5.41) is 0. The van der Waals surface area contributed by atoms with E-state index in [1.54, 1.807) is 25.5 Å². The number of hydrogen-bond acceptors (Lipinski definition) is 3. The molecule has 2 aromatic rings. The highest BCUT2D eigenvalue weighted by Crippen LogP contribution is 1.98. The van der Waals surface area contributed by atoms with Gasteiger partial charge < -0.3 is 0 Å². The lowest BCUT2D eigenvalue weighted by Gasteiger charge is -2.05. The van der Waals surface area contributed by atoms with Gasteiger partial charge in [0.1, 0.15) is 0 Å². The maximum Gasteiger partial charge on any atom is 0.328 e. The zero-order chi connectivity index (χ0) is 12.3. The van der Waals surface area contributed by atoms with E-state index >= 15 is 0 Å². The van der Waals surface area contributed by atoms with Gasteiger partial charge in [-0.3, -0.25) is 19.3 Å². The highest BCUT2D eigenvalue weighted by atomic mass is 16.2. The molecule has 0 unspecified atom stereocenters. The molecule has 2 aromatic heterocycles. The summed E-state index contributed by atoms with van der Waals surface area (Å²) in [5.41, 5.74) is 0.899. The fourth-order valence-corrected chi connectivity index (χ4v) is 1.58. The second-order valence-corrected chi connectivity index (χ2v) is 3.88. The molecule has 0 amide bonds. The van der Waals surface area contributed by atoms with Gasteiger partial charge in [0.25, 0.3) is 5.56 Å². The summed E-state index contributed by atoms with van der Waals surface area (Å²) in [4.78, 5) is 29.0. The Labute approximate surface area is 97.8 Å². The fraction of sp³-hybridized carbons (Fsp3) is 0.250. The van der Waals surface area contributed by atoms with Crippen LogP contribution in [-0.4, -0.2) is 14.5 Å². The normalized spacial score (nSPS) is 10.4. The Morgan fingerprint density at radius 2 is 2.24 bits per heavy atom. The lowest BCUT2D eigenvalue weighted by atomic mass is 10.2. The lowest BCUT2D eigenvalue weighted by molar-refractivity contribution is 0.640. The summed E-state index contributed by atoms with van der Waals surface area (Å²) in [6.07, 6.45) is 5.76. The maximum atomic E-state index is 11.5. The Hall–Kier alpha value is -2.17. The number of H-pyrrole nitrogens is 1. The van der Waals surface area contributed by atoms with Crippen molar-refractivity contribution in [3.8, 4) is 0 Å². The first-order valence-corrected chi connectivity index (χ1v) is 5.36. The van der Waals surface area contributed by atoms with Crippen molar-refractivity contribution in [3.63, 3.8) is 0 Å². The molecule has 0 aliphatic rings. The monoisotopic (exact) mass is 231 g/mol. The summed E-state index contributed by atoms with van der Waals surface area (Å²) in [7, 11) is 0. The average Bonchev–Trinajstić information content (AvgIpc) is 2.33. The topological polar surface area (TPSA) is 67.8 Å². The van der Waals surface area contributed by atoms with Crippen LogP contribution in [0.2, 0.25) is 0 Å². The Balaban J connectivity index is 2.18. The van der Waals surface area contributed by atoms with Crippen molar-refractivity contribution in [2.24, 2.45) is 0 Å². The van der Waals surface area contributed by atoms with Crippen LogP contribution in [-0.2, 0) is 13.0 Å². The van der Waals surface area contributed by atoms with E-state index in [9.17, 15) is 9.59 Å². The van der Waals surface area contributed by atoms with Crippen LogP contribution in [0, 0.1) is 6.92 Å². The van der Waals surface area contributed by atoms with Gasteiger partial charge in [0.15, 0.2) is 0 Å². The molecule has 0 bridgehead atoms. The van der Waals surface area contributed by atoms with Gasteiger partial charge in [0.2, 0.25) is 0 Å². The van der Waals surface area contributed by atoms with Gasteiger partial charge >= 0.3 is 5.69 Å². The van der Waals surface area contributed by atoms with E-state index in [0.717, 1.165) is 5.56 Å². The van der Waals surface area contributed by atoms with Crippen molar-refractivity contribution in [1.29, 1.82) is 0 Å². The van der Waals surface area contributed by atoms with Gasteiger partial charge in [-0.05, 0) is 25.0 Å². The Morgan fingerprint density at radius 1 is 1.41 bits per heavy atom. The first kappa shape index (κ1) is 11.3. The molecule has 5 nitrogen and oxygen atoms in total. The molecule has 88 valence electrons. The second-order valence-electron chi connectivity index (χ2n) is 3.88. The number of aromatic nitrogens is 3. The summed E-state index contributed by atoms with van der Waals surface area (Å²) in [6, 6.07) is 3.81. The van der Waals surface area contributed by atoms with Crippen LogP contribution < -0.4 is 11.2 Å². The quantitative estimate of drug-likeness (QED) is 0.835.